The third-order valence-corrected chi connectivity index (χ3v) is 2.70. The van der Waals surface area contributed by atoms with E-state index in [1.165, 1.54) is 6.07 Å². The Morgan fingerprint density at radius 1 is 1.43 bits per heavy atom. The summed E-state index contributed by atoms with van der Waals surface area (Å²) in [5.74, 6) is -0.211. The summed E-state index contributed by atoms with van der Waals surface area (Å²) in [5.41, 5.74) is 2.42. The number of furan rings is 1. The Hall–Kier alpha value is -0.830. The Bertz CT molecular complexity index is 462. The molecule has 2 rings (SSSR count). The first kappa shape index (κ1) is 9.71. The van der Waals surface area contributed by atoms with Gasteiger partial charge in [0, 0.05) is 16.8 Å². The van der Waals surface area contributed by atoms with E-state index in [1.807, 2.05) is 6.07 Å². The summed E-state index contributed by atoms with van der Waals surface area (Å²) in [6.07, 6.45) is 2.60. The predicted octanol–water partition coefficient (Wildman–Crippen LogP) is 3.82. The first-order valence-corrected chi connectivity index (χ1v) is 5.56. The van der Waals surface area contributed by atoms with Crippen molar-refractivity contribution in [1.82, 2.24) is 0 Å². The van der Waals surface area contributed by atoms with Gasteiger partial charge in [-0.1, -0.05) is 15.9 Å². The number of halogens is 2. The zero-order valence-corrected chi connectivity index (χ0v) is 9.40. The van der Waals surface area contributed by atoms with E-state index in [9.17, 15) is 4.39 Å². The summed E-state index contributed by atoms with van der Waals surface area (Å²) in [4.78, 5) is 0. The topological polar surface area (TPSA) is 13.1 Å². The lowest BCUT2D eigenvalue weighted by Gasteiger charge is -1.97. The van der Waals surface area contributed by atoms with E-state index in [0.717, 1.165) is 22.7 Å². The van der Waals surface area contributed by atoms with Gasteiger partial charge in [-0.05, 0) is 30.5 Å². The standard InChI is InChI=1S/C11H10BrFO/c1-7-4-9-8(2-3-12)6-14-11(9)5-10(7)13/h4-6H,2-3H2,1H3. The lowest BCUT2D eigenvalue weighted by molar-refractivity contribution is 0.592. The van der Waals surface area contributed by atoms with Crippen LogP contribution in [-0.2, 0) is 6.42 Å². The number of alkyl halides is 1. The zero-order valence-electron chi connectivity index (χ0n) is 7.81. The highest BCUT2D eigenvalue weighted by Gasteiger charge is 2.08. The molecule has 0 aliphatic heterocycles. The highest BCUT2D eigenvalue weighted by molar-refractivity contribution is 9.09. The molecule has 0 atom stereocenters. The maximum atomic E-state index is 13.2. The minimum Gasteiger partial charge on any atom is -0.464 e. The average molecular weight is 257 g/mol. The van der Waals surface area contributed by atoms with Crippen molar-refractivity contribution in [1.29, 1.82) is 0 Å². The number of rotatable bonds is 2. The fourth-order valence-corrected chi connectivity index (χ4v) is 1.93. The van der Waals surface area contributed by atoms with Gasteiger partial charge in [0.2, 0.25) is 0 Å². The van der Waals surface area contributed by atoms with Crippen LogP contribution in [0, 0.1) is 12.7 Å². The Labute approximate surface area is 90.0 Å². The molecule has 74 valence electrons. The molecular formula is C11H10BrFO. The van der Waals surface area contributed by atoms with Gasteiger partial charge >= 0.3 is 0 Å². The van der Waals surface area contributed by atoms with Crippen LogP contribution in [0.3, 0.4) is 0 Å². The predicted molar refractivity (Wildman–Crippen MR) is 58.4 cm³/mol. The van der Waals surface area contributed by atoms with Crippen molar-refractivity contribution in [3.8, 4) is 0 Å². The zero-order chi connectivity index (χ0) is 10.1. The van der Waals surface area contributed by atoms with Crippen LogP contribution in [0.5, 0.6) is 0 Å². The van der Waals surface area contributed by atoms with E-state index < -0.39 is 0 Å². The smallest absolute Gasteiger partial charge is 0.137 e. The van der Waals surface area contributed by atoms with E-state index in [-0.39, 0.29) is 5.82 Å². The molecule has 0 unspecified atom stereocenters. The van der Waals surface area contributed by atoms with Crippen molar-refractivity contribution >= 4 is 26.9 Å². The van der Waals surface area contributed by atoms with Gasteiger partial charge in [0.25, 0.3) is 0 Å². The van der Waals surface area contributed by atoms with Crippen LogP contribution >= 0.6 is 15.9 Å². The van der Waals surface area contributed by atoms with Crippen molar-refractivity contribution in [2.24, 2.45) is 0 Å². The van der Waals surface area contributed by atoms with Crippen molar-refractivity contribution in [3.05, 3.63) is 35.3 Å². The minimum absolute atomic E-state index is 0.211. The number of aryl methyl sites for hydroxylation is 2. The molecule has 0 bridgehead atoms. The van der Waals surface area contributed by atoms with Crippen LogP contribution in [0.1, 0.15) is 11.1 Å². The second kappa shape index (κ2) is 3.73. The summed E-state index contributed by atoms with van der Waals surface area (Å²) < 4.78 is 18.5. The molecule has 1 heterocycles. The quantitative estimate of drug-likeness (QED) is 0.745. The molecule has 1 aromatic carbocycles. The van der Waals surface area contributed by atoms with Crippen LogP contribution in [0.4, 0.5) is 4.39 Å². The van der Waals surface area contributed by atoms with Crippen molar-refractivity contribution in [3.63, 3.8) is 0 Å². The minimum atomic E-state index is -0.211. The normalized spacial score (nSPS) is 11.1. The van der Waals surface area contributed by atoms with Crippen molar-refractivity contribution < 1.29 is 8.81 Å². The van der Waals surface area contributed by atoms with Gasteiger partial charge in [-0.2, -0.15) is 0 Å². The fourth-order valence-electron chi connectivity index (χ4n) is 1.51. The molecule has 0 fully saturated rings. The van der Waals surface area contributed by atoms with Crippen LogP contribution in [0.15, 0.2) is 22.8 Å². The molecule has 3 heteroatoms. The second-order valence-corrected chi connectivity index (χ2v) is 4.09. The summed E-state index contributed by atoms with van der Waals surface area (Å²) >= 11 is 3.37. The highest BCUT2D eigenvalue weighted by atomic mass is 79.9. The highest BCUT2D eigenvalue weighted by Crippen LogP contribution is 2.24. The van der Waals surface area contributed by atoms with E-state index in [0.29, 0.717) is 11.1 Å². The van der Waals surface area contributed by atoms with Crippen molar-refractivity contribution in [2.45, 2.75) is 13.3 Å². The molecule has 0 spiro atoms. The summed E-state index contributed by atoms with van der Waals surface area (Å²) in [7, 11) is 0. The first-order chi connectivity index (χ1) is 6.72. The Morgan fingerprint density at radius 2 is 2.21 bits per heavy atom. The molecule has 0 saturated carbocycles. The number of hydrogen-bond donors (Lipinski definition) is 0. The molecule has 0 N–H and O–H groups in total. The van der Waals surface area contributed by atoms with Gasteiger partial charge in [0.05, 0.1) is 6.26 Å². The van der Waals surface area contributed by atoms with E-state index in [1.54, 1.807) is 13.2 Å². The van der Waals surface area contributed by atoms with E-state index in [2.05, 4.69) is 15.9 Å². The Morgan fingerprint density at radius 3 is 2.93 bits per heavy atom. The van der Waals surface area contributed by atoms with Gasteiger partial charge < -0.3 is 4.42 Å². The van der Waals surface area contributed by atoms with Gasteiger partial charge in [-0.3, -0.25) is 0 Å². The summed E-state index contributed by atoms with van der Waals surface area (Å²) in [6, 6.07) is 3.29. The first-order valence-electron chi connectivity index (χ1n) is 4.44. The van der Waals surface area contributed by atoms with Crippen LogP contribution in [-0.4, -0.2) is 5.33 Å². The number of hydrogen-bond acceptors (Lipinski definition) is 1. The van der Waals surface area contributed by atoms with E-state index in [4.69, 9.17) is 4.42 Å². The molecule has 0 saturated heterocycles. The van der Waals surface area contributed by atoms with Crippen LogP contribution in [0.25, 0.3) is 11.0 Å². The maximum Gasteiger partial charge on any atom is 0.137 e. The van der Waals surface area contributed by atoms with Gasteiger partial charge in [0.15, 0.2) is 0 Å². The number of fused-ring (bicyclic) bond motifs is 1. The lowest BCUT2D eigenvalue weighted by atomic mass is 10.1. The Balaban J connectivity index is 2.61. The SMILES string of the molecule is Cc1cc2c(CCBr)coc2cc1F. The molecule has 1 nitrogen and oxygen atoms in total. The maximum absolute atomic E-state index is 13.2. The second-order valence-electron chi connectivity index (χ2n) is 3.30. The third-order valence-electron chi connectivity index (χ3n) is 2.30. The number of benzene rings is 1. The monoisotopic (exact) mass is 256 g/mol. The fraction of sp³-hybridized carbons (Fsp3) is 0.273. The van der Waals surface area contributed by atoms with Gasteiger partial charge in [0.1, 0.15) is 11.4 Å². The lowest BCUT2D eigenvalue weighted by Crippen LogP contribution is -1.85. The van der Waals surface area contributed by atoms with E-state index >= 15 is 0 Å². The molecule has 14 heavy (non-hydrogen) atoms. The van der Waals surface area contributed by atoms with Gasteiger partial charge in [-0.25, -0.2) is 4.39 Å². The molecular weight excluding hydrogens is 247 g/mol. The molecule has 0 aliphatic rings. The molecule has 0 aliphatic carbocycles. The molecule has 2 aromatic rings. The molecule has 0 amide bonds. The molecule has 0 radical (unpaired) electrons. The molecule has 1 aromatic heterocycles. The summed E-state index contributed by atoms with van der Waals surface area (Å²) in [5, 5.41) is 1.90. The van der Waals surface area contributed by atoms with Gasteiger partial charge in [-0.15, -0.1) is 0 Å². The average Bonchev–Trinajstić information content (AvgIpc) is 2.51. The van der Waals surface area contributed by atoms with Crippen LogP contribution < -0.4 is 0 Å². The third kappa shape index (κ3) is 1.57. The Kier molecular flexibility index (Phi) is 2.59. The largest absolute Gasteiger partial charge is 0.464 e. The summed E-state index contributed by atoms with van der Waals surface area (Å²) in [6.45, 7) is 1.76. The van der Waals surface area contributed by atoms with Crippen LogP contribution in [0.2, 0.25) is 0 Å². The van der Waals surface area contributed by atoms with Crippen molar-refractivity contribution in [2.75, 3.05) is 5.33 Å².